The molecule has 4 nitrogen and oxygen atoms in total. The van der Waals surface area contributed by atoms with Crippen molar-refractivity contribution in [2.75, 3.05) is 0 Å². The van der Waals surface area contributed by atoms with Gasteiger partial charge in [-0.25, -0.2) is 9.13 Å². The number of nitriles is 2. The van der Waals surface area contributed by atoms with Crippen LogP contribution in [0.4, 0.5) is 0 Å². The fourth-order valence-electron chi connectivity index (χ4n) is 2.55. The molecule has 0 amide bonds. The van der Waals surface area contributed by atoms with E-state index >= 15 is 0 Å². The lowest BCUT2D eigenvalue weighted by Crippen LogP contribution is -2.32. The molecule has 0 saturated heterocycles. The summed E-state index contributed by atoms with van der Waals surface area (Å²) in [4.78, 5) is 0. The molecule has 0 atom stereocenters. The fourth-order valence-corrected chi connectivity index (χ4v) is 2.55. The van der Waals surface area contributed by atoms with Crippen molar-refractivity contribution in [3.63, 3.8) is 0 Å². The third kappa shape index (κ3) is 3.28. The largest absolute Gasteiger partial charge is 0.244 e. The summed E-state index contributed by atoms with van der Waals surface area (Å²) < 4.78 is 4.07. The van der Waals surface area contributed by atoms with Crippen molar-refractivity contribution in [3.8, 4) is 12.1 Å². The van der Waals surface area contributed by atoms with Crippen LogP contribution in [0, 0.1) is 22.7 Å². The smallest absolute Gasteiger partial charge is 0.233 e. The maximum Gasteiger partial charge on any atom is 0.244 e. The Kier molecular flexibility index (Phi) is 4.18. The van der Waals surface area contributed by atoms with Gasteiger partial charge in [0.2, 0.25) is 6.33 Å². The first-order valence-electron chi connectivity index (χ1n) is 7.31. The Bertz CT molecular complexity index is 835. The molecule has 0 aliphatic rings. The van der Waals surface area contributed by atoms with Crippen LogP contribution in [0.1, 0.15) is 22.3 Å². The zero-order chi connectivity index (χ0) is 16.1. The highest BCUT2D eigenvalue weighted by Crippen LogP contribution is 2.10. The van der Waals surface area contributed by atoms with Crippen molar-refractivity contribution >= 4 is 0 Å². The van der Waals surface area contributed by atoms with Crippen LogP contribution in [-0.2, 0) is 13.1 Å². The van der Waals surface area contributed by atoms with E-state index in [-0.39, 0.29) is 0 Å². The molecule has 0 spiro atoms. The van der Waals surface area contributed by atoms with Gasteiger partial charge in [-0.1, -0.05) is 36.4 Å². The summed E-state index contributed by atoms with van der Waals surface area (Å²) in [7, 11) is 0. The van der Waals surface area contributed by atoms with Gasteiger partial charge in [-0.2, -0.15) is 10.5 Å². The maximum atomic E-state index is 9.16. The molecular weight excluding hydrogens is 284 g/mol. The average Bonchev–Trinajstić information content (AvgIpc) is 3.03. The third-order valence-electron chi connectivity index (χ3n) is 3.73. The van der Waals surface area contributed by atoms with Crippen molar-refractivity contribution < 1.29 is 4.57 Å². The highest BCUT2D eigenvalue weighted by Gasteiger charge is 2.10. The summed E-state index contributed by atoms with van der Waals surface area (Å²) in [5, 5.41) is 18.3. The first kappa shape index (κ1) is 14.6. The van der Waals surface area contributed by atoms with Crippen molar-refractivity contribution in [1.82, 2.24) is 4.57 Å². The fraction of sp³-hybridized carbons (Fsp3) is 0.105. The summed E-state index contributed by atoms with van der Waals surface area (Å²) in [5.74, 6) is 0. The third-order valence-corrected chi connectivity index (χ3v) is 3.73. The van der Waals surface area contributed by atoms with E-state index in [1.807, 2.05) is 76.4 Å². The van der Waals surface area contributed by atoms with E-state index in [0.717, 1.165) is 11.1 Å². The Morgan fingerprint density at radius 2 is 1.48 bits per heavy atom. The van der Waals surface area contributed by atoms with Crippen LogP contribution in [0.5, 0.6) is 0 Å². The Morgan fingerprint density at radius 1 is 0.870 bits per heavy atom. The first-order chi connectivity index (χ1) is 11.3. The Hall–Kier alpha value is -3.37. The summed E-state index contributed by atoms with van der Waals surface area (Å²) in [6.45, 7) is 1.30. The standard InChI is InChI=1S/C19H15N4/c20-11-16-5-1-3-7-18(16)13-22-9-10-23(15-22)14-19-8-4-2-6-17(19)12-21/h1-10,15H,13-14H2/q+1. The molecule has 1 aromatic heterocycles. The van der Waals surface area contributed by atoms with Crippen LogP contribution < -0.4 is 4.57 Å². The molecule has 0 N–H and O–H groups in total. The number of rotatable bonds is 4. The highest BCUT2D eigenvalue weighted by molar-refractivity contribution is 5.37. The van der Waals surface area contributed by atoms with Crippen molar-refractivity contribution in [2.45, 2.75) is 13.1 Å². The van der Waals surface area contributed by atoms with E-state index < -0.39 is 0 Å². The molecule has 0 saturated carbocycles. The molecule has 3 aromatic rings. The normalized spacial score (nSPS) is 10.0. The van der Waals surface area contributed by atoms with Gasteiger partial charge in [0.1, 0.15) is 25.5 Å². The molecule has 110 valence electrons. The second-order valence-electron chi connectivity index (χ2n) is 5.30. The molecule has 0 bridgehead atoms. The van der Waals surface area contributed by atoms with E-state index in [9.17, 15) is 0 Å². The van der Waals surface area contributed by atoms with Gasteiger partial charge in [0.15, 0.2) is 0 Å². The number of benzene rings is 2. The SMILES string of the molecule is N#Cc1ccccc1Cn1cc[n+](Cc2ccccc2C#N)c1. The molecule has 0 fully saturated rings. The number of nitrogens with zero attached hydrogens (tertiary/aromatic N) is 4. The first-order valence-corrected chi connectivity index (χ1v) is 7.31. The minimum Gasteiger partial charge on any atom is -0.233 e. The Morgan fingerprint density at radius 3 is 2.17 bits per heavy atom. The quantitative estimate of drug-likeness (QED) is 0.695. The summed E-state index contributed by atoms with van der Waals surface area (Å²) >= 11 is 0. The molecule has 0 unspecified atom stereocenters. The molecule has 4 heteroatoms. The highest BCUT2D eigenvalue weighted by atomic mass is 15.1. The van der Waals surface area contributed by atoms with E-state index in [1.54, 1.807) is 0 Å². The van der Waals surface area contributed by atoms with Crippen molar-refractivity contribution in [2.24, 2.45) is 0 Å². The molecule has 0 aliphatic heterocycles. The lowest BCUT2D eigenvalue weighted by molar-refractivity contribution is -0.687. The monoisotopic (exact) mass is 299 g/mol. The molecule has 23 heavy (non-hydrogen) atoms. The van der Waals surface area contributed by atoms with Crippen LogP contribution in [0.3, 0.4) is 0 Å². The van der Waals surface area contributed by atoms with Gasteiger partial charge in [-0.15, -0.1) is 0 Å². The Balaban J connectivity index is 1.79. The molecule has 0 radical (unpaired) electrons. The van der Waals surface area contributed by atoms with Crippen LogP contribution >= 0.6 is 0 Å². The van der Waals surface area contributed by atoms with Crippen LogP contribution in [0.2, 0.25) is 0 Å². The second-order valence-corrected chi connectivity index (χ2v) is 5.30. The number of aromatic nitrogens is 2. The van der Waals surface area contributed by atoms with E-state index in [0.29, 0.717) is 24.2 Å². The van der Waals surface area contributed by atoms with Crippen molar-refractivity contribution in [1.29, 1.82) is 10.5 Å². The molecule has 3 rings (SSSR count). The van der Waals surface area contributed by atoms with Gasteiger partial charge in [-0.3, -0.25) is 0 Å². The molecule has 1 heterocycles. The lowest BCUT2D eigenvalue weighted by atomic mass is 10.1. The maximum absolute atomic E-state index is 9.16. The molecule has 2 aromatic carbocycles. The van der Waals surface area contributed by atoms with Gasteiger partial charge in [0, 0.05) is 11.1 Å². The van der Waals surface area contributed by atoms with Gasteiger partial charge in [-0.05, 0) is 12.1 Å². The van der Waals surface area contributed by atoms with Crippen LogP contribution in [0.25, 0.3) is 0 Å². The summed E-state index contributed by atoms with van der Waals surface area (Å²) in [6.07, 6.45) is 5.94. The number of hydrogen-bond acceptors (Lipinski definition) is 2. The topological polar surface area (TPSA) is 56.4 Å². The summed E-state index contributed by atoms with van der Waals surface area (Å²) in [6, 6.07) is 19.7. The zero-order valence-electron chi connectivity index (χ0n) is 12.6. The minimum atomic E-state index is 0.649. The second kappa shape index (κ2) is 6.60. The zero-order valence-corrected chi connectivity index (χ0v) is 12.6. The number of imidazole rings is 1. The number of hydrogen-bond donors (Lipinski definition) is 0. The van der Waals surface area contributed by atoms with Crippen LogP contribution in [-0.4, -0.2) is 4.57 Å². The lowest BCUT2D eigenvalue weighted by Gasteiger charge is -2.01. The van der Waals surface area contributed by atoms with Gasteiger partial charge < -0.3 is 0 Å². The van der Waals surface area contributed by atoms with Crippen LogP contribution in [0.15, 0.2) is 67.3 Å². The van der Waals surface area contributed by atoms with Gasteiger partial charge >= 0.3 is 0 Å². The minimum absolute atomic E-state index is 0.649. The van der Waals surface area contributed by atoms with Gasteiger partial charge in [0.05, 0.1) is 23.3 Å². The molecular formula is C19H15N4+. The predicted octanol–water partition coefficient (Wildman–Crippen LogP) is 2.62. The Labute approximate surface area is 135 Å². The summed E-state index contributed by atoms with van der Waals surface area (Å²) in [5.41, 5.74) is 3.38. The van der Waals surface area contributed by atoms with E-state index in [1.165, 1.54) is 0 Å². The average molecular weight is 299 g/mol. The molecule has 0 aliphatic carbocycles. The van der Waals surface area contributed by atoms with E-state index in [2.05, 4.69) is 12.1 Å². The van der Waals surface area contributed by atoms with Gasteiger partial charge in [0.25, 0.3) is 0 Å². The van der Waals surface area contributed by atoms with Crippen molar-refractivity contribution in [3.05, 3.63) is 89.5 Å². The van der Waals surface area contributed by atoms with E-state index in [4.69, 9.17) is 10.5 Å². The predicted molar refractivity (Wildman–Crippen MR) is 85.1 cm³/mol.